The Bertz CT molecular complexity index is 450. The third-order valence-electron chi connectivity index (χ3n) is 3.74. The van der Waals surface area contributed by atoms with E-state index in [1.807, 2.05) is 13.8 Å². The maximum absolute atomic E-state index is 11.2. The number of nitrogens with zero attached hydrogens (tertiary/aromatic N) is 2. The van der Waals surface area contributed by atoms with E-state index < -0.39 is 5.54 Å². The topological polar surface area (TPSA) is 80.0 Å². The highest BCUT2D eigenvalue weighted by Crippen LogP contribution is 2.20. The molecule has 0 saturated carbocycles. The van der Waals surface area contributed by atoms with Crippen molar-refractivity contribution in [3.8, 4) is 0 Å². The molecule has 1 saturated heterocycles. The molecule has 0 radical (unpaired) electrons. The van der Waals surface area contributed by atoms with Gasteiger partial charge in [-0.05, 0) is 52.1 Å². The van der Waals surface area contributed by atoms with Gasteiger partial charge >= 0.3 is 0 Å². The summed E-state index contributed by atoms with van der Waals surface area (Å²) in [5.41, 5.74) is -0.595. The lowest BCUT2D eigenvalue weighted by Crippen LogP contribution is -2.40. The average Bonchev–Trinajstić information content (AvgIpc) is 2.86. The summed E-state index contributed by atoms with van der Waals surface area (Å²) in [5, 5.41) is 10.2. The van der Waals surface area contributed by atoms with Crippen LogP contribution in [0.2, 0.25) is 0 Å². The molecule has 0 unspecified atom stereocenters. The van der Waals surface area contributed by atoms with Crippen LogP contribution in [0.4, 0.5) is 0 Å². The molecule has 0 aromatic carbocycles. The second-order valence-corrected chi connectivity index (χ2v) is 6.05. The first kappa shape index (κ1) is 15.0. The van der Waals surface area contributed by atoms with E-state index in [1.165, 1.54) is 19.8 Å². The lowest BCUT2D eigenvalue weighted by atomic mass is 9.93. The summed E-state index contributed by atoms with van der Waals surface area (Å²) in [6, 6.07) is 0. The quantitative estimate of drug-likeness (QED) is 0.851. The van der Waals surface area contributed by atoms with Crippen LogP contribution >= 0.6 is 0 Å². The SMILES string of the molecule is CC(=O)NC(C)(C)c1noc(CCC2CCNCC2)n1. The Balaban J connectivity index is 1.89. The molecule has 2 N–H and O–H groups in total. The van der Waals surface area contributed by atoms with Crippen LogP contribution < -0.4 is 10.6 Å². The molecule has 112 valence electrons. The van der Waals surface area contributed by atoms with Crippen LogP contribution in [0.5, 0.6) is 0 Å². The van der Waals surface area contributed by atoms with Crippen LogP contribution in [0.15, 0.2) is 4.52 Å². The van der Waals surface area contributed by atoms with Crippen LogP contribution in [0.25, 0.3) is 0 Å². The molecule has 20 heavy (non-hydrogen) atoms. The number of carbonyl (C=O) groups excluding carboxylic acids is 1. The maximum atomic E-state index is 11.2. The third-order valence-corrected chi connectivity index (χ3v) is 3.74. The van der Waals surface area contributed by atoms with Gasteiger partial charge in [-0.3, -0.25) is 4.79 Å². The van der Waals surface area contributed by atoms with Gasteiger partial charge in [0, 0.05) is 13.3 Å². The van der Waals surface area contributed by atoms with Crippen LogP contribution in [-0.4, -0.2) is 29.1 Å². The van der Waals surface area contributed by atoms with Crippen LogP contribution in [0.1, 0.15) is 51.7 Å². The maximum Gasteiger partial charge on any atom is 0.226 e. The molecule has 0 aliphatic carbocycles. The zero-order valence-corrected chi connectivity index (χ0v) is 12.5. The fraction of sp³-hybridized carbons (Fsp3) is 0.786. The lowest BCUT2D eigenvalue weighted by Gasteiger charge is -2.21. The van der Waals surface area contributed by atoms with E-state index >= 15 is 0 Å². The number of nitrogens with one attached hydrogen (secondary N) is 2. The second-order valence-electron chi connectivity index (χ2n) is 6.05. The molecule has 6 nitrogen and oxygen atoms in total. The van der Waals surface area contributed by atoms with Crippen molar-refractivity contribution in [2.75, 3.05) is 13.1 Å². The van der Waals surface area contributed by atoms with E-state index in [0.717, 1.165) is 31.8 Å². The van der Waals surface area contributed by atoms with Crippen molar-refractivity contribution < 1.29 is 9.32 Å². The van der Waals surface area contributed by atoms with Crippen LogP contribution in [0.3, 0.4) is 0 Å². The Kier molecular flexibility index (Phi) is 4.75. The Labute approximate surface area is 119 Å². The van der Waals surface area contributed by atoms with Crippen molar-refractivity contribution >= 4 is 5.91 Å². The smallest absolute Gasteiger partial charge is 0.226 e. The molecular formula is C14H24N4O2. The first-order valence-electron chi connectivity index (χ1n) is 7.30. The van der Waals surface area contributed by atoms with Crippen molar-refractivity contribution in [1.82, 2.24) is 20.8 Å². The second kappa shape index (κ2) is 6.35. The van der Waals surface area contributed by atoms with Gasteiger partial charge in [0.05, 0.1) is 5.54 Å². The molecule has 6 heteroatoms. The number of amides is 1. The molecule has 1 amide bonds. The molecule has 0 atom stereocenters. The van der Waals surface area contributed by atoms with Crippen molar-refractivity contribution in [1.29, 1.82) is 0 Å². The minimum absolute atomic E-state index is 0.101. The Morgan fingerprint density at radius 1 is 1.45 bits per heavy atom. The van der Waals surface area contributed by atoms with E-state index in [9.17, 15) is 4.79 Å². The first-order valence-corrected chi connectivity index (χ1v) is 7.30. The van der Waals surface area contributed by atoms with Gasteiger partial charge in [-0.15, -0.1) is 0 Å². The Morgan fingerprint density at radius 2 is 2.15 bits per heavy atom. The predicted octanol–water partition coefficient (Wildman–Crippen LogP) is 1.37. The fourth-order valence-corrected chi connectivity index (χ4v) is 2.60. The van der Waals surface area contributed by atoms with Crippen molar-refractivity contribution in [3.05, 3.63) is 11.7 Å². The number of aryl methyl sites for hydroxylation is 1. The Hall–Kier alpha value is -1.43. The summed E-state index contributed by atoms with van der Waals surface area (Å²) in [6.45, 7) is 7.44. The Morgan fingerprint density at radius 3 is 2.80 bits per heavy atom. The van der Waals surface area contributed by atoms with E-state index in [2.05, 4.69) is 20.8 Å². The predicted molar refractivity (Wildman–Crippen MR) is 75.1 cm³/mol. The molecule has 1 fully saturated rings. The van der Waals surface area contributed by atoms with E-state index in [4.69, 9.17) is 4.52 Å². The van der Waals surface area contributed by atoms with Crippen LogP contribution in [0, 0.1) is 5.92 Å². The third kappa shape index (κ3) is 4.03. The summed E-state index contributed by atoms with van der Waals surface area (Å²) in [6.07, 6.45) is 4.34. The monoisotopic (exact) mass is 280 g/mol. The van der Waals surface area contributed by atoms with Gasteiger partial charge in [-0.1, -0.05) is 5.16 Å². The molecule has 1 aliphatic rings. The molecule has 2 heterocycles. The molecule has 1 aliphatic heterocycles. The summed E-state index contributed by atoms with van der Waals surface area (Å²) < 4.78 is 5.30. The van der Waals surface area contributed by atoms with Gasteiger partial charge in [-0.2, -0.15) is 4.98 Å². The van der Waals surface area contributed by atoms with Gasteiger partial charge in [0.15, 0.2) is 5.82 Å². The normalized spacial score (nSPS) is 17.1. The summed E-state index contributed by atoms with van der Waals surface area (Å²) >= 11 is 0. The highest BCUT2D eigenvalue weighted by atomic mass is 16.5. The zero-order valence-electron chi connectivity index (χ0n) is 12.5. The van der Waals surface area contributed by atoms with Crippen molar-refractivity contribution in [2.45, 2.75) is 52.0 Å². The number of hydrogen-bond donors (Lipinski definition) is 2. The fourth-order valence-electron chi connectivity index (χ4n) is 2.60. The molecule has 0 bridgehead atoms. The number of hydrogen-bond acceptors (Lipinski definition) is 5. The standard InChI is InChI=1S/C14H24N4O2/c1-10(19)17-14(2,3)13-16-12(20-18-13)5-4-11-6-8-15-9-7-11/h11,15H,4-9H2,1-3H3,(H,17,19). The number of carbonyl (C=O) groups is 1. The molecule has 0 spiro atoms. The van der Waals surface area contributed by atoms with Gasteiger partial charge in [0.2, 0.25) is 11.8 Å². The van der Waals surface area contributed by atoms with Gasteiger partial charge in [0.1, 0.15) is 0 Å². The number of aromatic nitrogens is 2. The van der Waals surface area contributed by atoms with Gasteiger partial charge < -0.3 is 15.2 Å². The molecule has 1 aromatic rings. The summed E-state index contributed by atoms with van der Waals surface area (Å²) in [5.74, 6) is 1.84. The highest BCUT2D eigenvalue weighted by molar-refractivity contribution is 5.73. The van der Waals surface area contributed by atoms with Crippen molar-refractivity contribution in [3.63, 3.8) is 0 Å². The summed E-state index contributed by atoms with van der Waals surface area (Å²) in [4.78, 5) is 15.6. The number of piperidine rings is 1. The number of rotatable bonds is 5. The first-order chi connectivity index (χ1) is 9.47. The summed E-state index contributed by atoms with van der Waals surface area (Å²) in [7, 11) is 0. The van der Waals surface area contributed by atoms with E-state index in [0.29, 0.717) is 11.7 Å². The van der Waals surface area contributed by atoms with E-state index in [-0.39, 0.29) is 5.91 Å². The largest absolute Gasteiger partial charge is 0.344 e. The average molecular weight is 280 g/mol. The molecular weight excluding hydrogens is 256 g/mol. The minimum atomic E-state index is -0.595. The zero-order chi connectivity index (χ0) is 14.6. The van der Waals surface area contributed by atoms with Crippen molar-refractivity contribution in [2.24, 2.45) is 5.92 Å². The van der Waals surface area contributed by atoms with Crippen LogP contribution in [-0.2, 0) is 16.8 Å². The molecule has 1 aromatic heterocycles. The highest BCUT2D eigenvalue weighted by Gasteiger charge is 2.27. The minimum Gasteiger partial charge on any atom is -0.344 e. The molecule has 2 rings (SSSR count). The van der Waals surface area contributed by atoms with E-state index in [1.54, 1.807) is 0 Å². The lowest BCUT2D eigenvalue weighted by molar-refractivity contribution is -0.120. The van der Waals surface area contributed by atoms with Gasteiger partial charge in [-0.25, -0.2) is 0 Å². The van der Waals surface area contributed by atoms with Gasteiger partial charge in [0.25, 0.3) is 0 Å².